The molecule has 4 rings (SSSR count). The number of fused-ring (bicyclic) bond motifs is 1. The molecule has 1 atom stereocenters. The van der Waals surface area contributed by atoms with Crippen LogP contribution in [0.1, 0.15) is 24.7 Å². The Balaban J connectivity index is 1.53. The van der Waals surface area contributed by atoms with Crippen LogP contribution in [-0.4, -0.2) is 31.6 Å². The number of para-hydroxylation sites is 2. The van der Waals surface area contributed by atoms with Gasteiger partial charge in [0.2, 0.25) is 11.7 Å². The Morgan fingerprint density at radius 3 is 2.54 bits per heavy atom. The predicted octanol–water partition coefficient (Wildman–Crippen LogP) is 3.82. The number of rotatable bonds is 5. The van der Waals surface area contributed by atoms with E-state index >= 15 is 0 Å². The van der Waals surface area contributed by atoms with Crippen LogP contribution in [0.3, 0.4) is 0 Å². The molecule has 0 N–H and O–H groups in total. The molecule has 2 heterocycles. The number of nitrogens with zero attached hydrogens (tertiary/aromatic N) is 5. The molecule has 0 spiro atoms. The molecule has 26 heavy (non-hydrogen) atoms. The minimum atomic E-state index is -0.0141. The molecule has 0 saturated carbocycles. The van der Waals surface area contributed by atoms with Crippen molar-refractivity contribution in [2.45, 2.75) is 19.5 Å². The van der Waals surface area contributed by atoms with Crippen molar-refractivity contribution in [3.63, 3.8) is 0 Å². The van der Waals surface area contributed by atoms with Gasteiger partial charge in [0.05, 0.1) is 23.6 Å². The van der Waals surface area contributed by atoms with E-state index in [-0.39, 0.29) is 6.04 Å². The van der Waals surface area contributed by atoms with Gasteiger partial charge in [-0.05, 0) is 26.1 Å². The highest BCUT2D eigenvalue weighted by Gasteiger charge is 2.21. The first kappa shape index (κ1) is 16.5. The van der Waals surface area contributed by atoms with Gasteiger partial charge in [0.15, 0.2) is 0 Å². The summed E-state index contributed by atoms with van der Waals surface area (Å²) >= 11 is 0. The second-order valence-electron chi connectivity index (χ2n) is 6.49. The van der Waals surface area contributed by atoms with Crippen LogP contribution in [0.15, 0.2) is 59.1 Å². The van der Waals surface area contributed by atoms with Crippen LogP contribution < -0.4 is 0 Å². The highest BCUT2D eigenvalue weighted by molar-refractivity contribution is 5.75. The van der Waals surface area contributed by atoms with Crippen molar-refractivity contribution >= 4 is 11.0 Å². The summed E-state index contributed by atoms with van der Waals surface area (Å²) in [6.07, 6.45) is 0. The van der Waals surface area contributed by atoms with Crippen molar-refractivity contribution in [2.75, 3.05) is 7.05 Å². The lowest BCUT2D eigenvalue weighted by Crippen LogP contribution is -2.23. The zero-order valence-corrected chi connectivity index (χ0v) is 15.1. The van der Waals surface area contributed by atoms with Crippen LogP contribution >= 0.6 is 0 Å². The summed E-state index contributed by atoms with van der Waals surface area (Å²) in [5.41, 5.74) is 3.09. The fourth-order valence-electron chi connectivity index (χ4n) is 2.99. The third-order valence-corrected chi connectivity index (χ3v) is 4.76. The second kappa shape index (κ2) is 6.72. The van der Waals surface area contributed by atoms with Gasteiger partial charge in [0, 0.05) is 12.6 Å². The second-order valence-corrected chi connectivity index (χ2v) is 6.49. The van der Waals surface area contributed by atoms with E-state index in [0.717, 1.165) is 22.4 Å². The van der Waals surface area contributed by atoms with E-state index in [0.29, 0.717) is 18.3 Å². The molecule has 132 valence electrons. The van der Waals surface area contributed by atoms with Crippen molar-refractivity contribution in [3.8, 4) is 11.4 Å². The Morgan fingerprint density at radius 1 is 1.04 bits per heavy atom. The Hall–Kier alpha value is -2.99. The molecule has 0 bridgehead atoms. The standard InChI is InChI=1S/C20H21N5O/c1-14(20-22-19(23-26-20)15-9-5-4-6-10-15)24(2)13-18-21-16-11-7-8-12-17(16)25(18)3/h4-12,14H,13H2,1-3H3/t14-/m1/s1. The summed E-state index contributed by atoms with van der Waals surface area (Å²) < 4.78 is 7.63. The third kappa shape index (κ3) is 2.99. The fraction of sp³-hybridized carbons (Fsp3) is 0.250. The summed E-state index contributed by atoms with van der Waals surface area (Å²) in [4.78, 5) is 11.5. The van der Waals surface area contributed by atoms with Crippen molar-refractivity contribution < 1.29 is 4.52 Å². The molecule has 0 aliphatic carbocycles. The molecule has 6 heteroatoms. The maximum Gasteiger partial charge on any atom is 0.244 e. The van der Waals surface area contributed by atoms with Gasteiger partial charge in [0.25, 0.3) is 0 Å². The first-order valence-corrected chi connectivity index (χ1v) is 8.63. The Kier molecular flexibility index (Phi) is 4.26. The van der Waals surface area contributed by atoms with Gasteiger partial charge in [-0.3, -0.25) is 4.90 Å². The van der Waals surface area contributed by atoms with Crippen molar-refractivity contribution in [1.29, 1.82) is 0 Å². The summed E-state index contributed by atoms with van der Waals surface area (Å²) in [7, 11) is 4.08. The number of hydrogen-bond donors (Lipinski definition) is 0. The molecule has 0 saturated heterocycles. The van der Waals surface area contributed by atoms with Crippen molar-refractivity contribution in [3.05, 3.63) is 66.3 Å². The molecule has 4 aromatic rings. The third-order valence-electron chi connectivity index (χ3n) is 4.76. The molecule has 0 radical (unpaired) electrons. The van der Waals surface area contributed by atoms with E-state index in [1.165, 1.54) is 0 Å². The number of hydrogen-bond acceptors (Lipinski definition) is 5. The van der Waals surface area contributed by atoms with E-state index in [2.05, 4.69) is 32.6 Å². The lowest BCUT2D eigenvalue weighted by Gasteiger charge is -2.21. The van der Waals surface area contributed by atoms with E-state index in [9.17, 15) is 0 Å². The minimum absolute atomic E-state index is 0.0141. The molecule has 0 fully saturated rings. The van der Waals surface area contributed by atoms with Gasteiger partial charge in [0.1, 0.15) is 5.82 Å². The number of aromatic nitrogens is 4. The Labute approximate surface area is 152 Å². The molecule has 2 aromatic carbocycles. The van der Waals surface area contributed by atoms with Gasteiger partial charge >= 0.3 is 0 Å². The summed E-state index contributed by atoms with van der Waals surface area (Å²) in [6.45, 7) is 2.75. The van der Waals surface area contributed by atoms with Crippen molar-refractivity contribution in [2.24, 2.45) is 7.05 Å². The molecular weight excluding hydrogens is 326 g/mol. The van der Waals surface area contributed by atoms with Crippen LogP contribution in [0.4, 0.5) is 0 Å². The molecule has 6 nitrogen and oxygen atoms in total. The molecular formula is C20H21N5O. The molecule has 0 aliphatic rings. The number of imidazole rings is 1. The quantitative estimate of drug-likeness (QED) is 0.549. The maximum atomic E-state index is 5.50. The molecule has 0 amide bonds. The van der Waals surface area contributed by atoms with Gasteiger partial charge in [-0.1, -0.05) is 47.6 Å². The fourth-order valence-corrected chi connectivity index (χ4v) is 2.99. The Bertz CT molecular complexity index is 1020. The van der Waals surface area contributed by atoms with Gasteiger partial charge < -0.3 is 9.09 Å². The zero-order valence-electron chi connectivity index (χ0n) is 15.1. The smallest absolute Gasteiger partial charge is 0.244 e. The van der Waals surface area contributed by atoms with Crippen molar-refractivity contribution in [1.82, 2.24) is 24.6 Å². The summed E-state index contributed by atoms with van der Waals surface area (Å²) in [6, 6.07) is 18.0. The van der Waals surface area contributed by atoms with Crippen LogP contribution in [0, 0.1) is 0 Å². The number of aryl methyl sites for hydroxylation is 1. The first-order valence-electron chi connectivity index (χ1n) is 8.63. The predicted molar refractivity (Wildman–Crippen MR) is 100 cm³/mol. The van der Waals surface area contributed by atoms with E-state index in [1.54, 1.807) is 0 Å². The monoisotopic (exact) mass is 347 g/mol. The zero-order chi connectivity index (χ0) is 18.1. The van der Waals surface area contributed by atoms with Gasteiger partial charge in [-0.15, -0.1) is 0 Å². The van der Waals surface area contributed by atoms with Crippen LogP contribution in [-0.2, 0) is 13.6 Å². The number of benzene rings is 2. The van der Waals surface area contributed by atoms with E-state index in [4.69, 9.17) is 9.51 Å². The first-order chi connectivity index (χ1) is 12.6. The van der Waals surface area contributed by atoms with Gasteiger partial charge in [-0.25, -0.2) is 4.98 Å². The Morgan fingerprint density at radius 2 is 1.77 bits per heavy atom. The molecule has 2 aromatic heterocycles. The van der Waals surface area contributed by atoms with E-state index < -0.39 is 0 Å². The maximum absolute atomic E-state index is 5.50. The molecule has 0 unspecified atom stereocenters. The minimum Gasteiger partial charge on any atom is -0.337 e. The summed E-state index contributed by atoms with van der Waals surface area (Å²) in [5, 5.41) is 4.12. The lowest BCUT2D eigenvalue weighted by atomic mass is 10.2. The van der Waals surface area contributed by atoms with E-state index in [1.807, 2.05) is 62.6 Å². The SMILES string of the molecule is C[C@H](c1nc(-c2ccccc2)no1)N(C)Cc1nc2ccccc2n1C. The topological polar surface area (TPSA) is 60.0 Å². The van der Waals surface area contributed by atoms with Crippen LogP contribution in [0.5, 0.6) is 0 Å². The molecule has 0 aliphatic heterocycles. The highest BCUT2D eigenvalue weighted by atomic mass is 16.5. The average molecular weight is 347 g/mol. The normalized spacial score (nSPS) is 12.8. The lowest BCUT2D eigenvalue weighted by molar-refractivity contribution is 0.197. The largest absolute Gasteiger partial charge is 0.337 e. The average Bonchev–Trinajstić information content (AvgIpc) is 3.28. The van der Waals surface area contributed by atoms with Crippen LogP contribution in [0.25, 0.3) is 22.4 Å². The summed E-state index contributed by atoms with van der Waals surface area (Å²) in [5.74, 6) is 2.22. The van der Waals surface area contributed by atoms with Crippen LogP contribution in [0.2, 0.25) is 0 Å². The van der Waals surface area contributed by atoms with Gasteiger partial charge in [-0.2, -0.15) is 4.98 Å². The highest BCUT2D eigenvalue weighted by Crippen LogP contribution is 2.23.